The van der Waals surface area contributed by atoms with Crippen LogP contribution in [0.1, 0.15) is 110 Å². The number of hydrogen-bond acceptors (Lipinski definition) is 6. The van der Waals surface area contributed by atoms with E-state index in [0.717, 1.165) is 60.9 Å². The minimum Gasteiger partial charge on any atom is -0.460 e. The van der Waals surface area contributed by atoms with E-state index < -0.39 is 12.2 Å². The van der Waals surface area contributed by atoms with Crippen molar-refractivity contribution in [2.75, 3.05) is 13.2 Å². The summed E-state index contributed by atoms with van der Waals surface area (Å²) in [4.78, 5) is 35.9. The molecule has 6 nitrogen and oxygen atoms in total. The lowest BCUT2D eigenvalue weighted by Crippen LogP contribution is -2.31. The predicted molar refractivity (Wildman–Crippen MR) is 223 cm³/mol. The Morgan fingerprint density at radius 3 is 1.89 bits per heavy atom. The van der Waals surface area contributed by atoms with Crippen LogP contribution in [0, 0.1) is 17.6 Å². The van der Waals surface area contributed by atoms with Crippen LogP contribution in [-0.4, -0.2) is 41.4 Å². The molecule has 0 fully saturated rings. The van der Waals surface area contributed by atoms with Crippen molar-refractivity contribution in [3.63, 3.8) is 0 Å². The van der Waals surface area contributed by atoms with Crippen LogP contribution in [0.4, 0.5) is 8.78 Å². The number of rotatable bonds is 15. The molecule has 2 aliphatic carbocycles. The van der Waals surface area contributed by atoms with Crippen molar-refractivity contribution < 1.29 is 33.0 Å². The third-order valence-corrected chi connectivity index (χ3v) is 10.5. The van der Waals surface area contributed by atoms with Gasteiger partial charge in [0.25, 0.3) is 0 Å². The fraction of sp³-hybridized carbons (Fsp3) is 0.367. The van der Waals surface area contributed by atoms with Gasteiger partial charge in [-0.2, -0.15) is 0 Å². The Bertz CT molecular complexity index is 2050. The highest BCUT2D eigenvalue weighted by atomic mass is 19.1. The normalized spacial score (nSPS) is 16.5. The van der Waals surface area contributed by atoms with Crippen molar-refractivity contribution in [2.24, 2.45) is 5.92 Å². The summed E-state index contributed by atoms with van der Waals surface area (Å²) >= 11 is 0. The van der Waals surface area contributed by atoms with Gasteiger partial charge in [0.1, 0.15) is 23.8 Å². The third-order valence-electron chi connectivity index (χ3n) is 10.5. The lowest BCUT2D eigenvalue weighted by molar-refractivity contribution is -0.161. The number of hydrogen-bond donors (Lipinski definition) is 2. The van der Waals surface area contributed by atoms with Crippen molar-refractivity contribution >= 4 is 29.7 Å². The number of halogens is 2. The van der Waals surface area contributed by atoms with Gasteiger partial charge in [-0.3, -0.25) is 14.4 Å². The fourth-order valence-corrected chi connectivity index (χ4v) is 7.57. The quantitative estimate of drug-likeness (QED) is 0.0924. The Morgan fingerprint density at radius 1 is 0.772 bits per heavy atom. The number of aliphatic hydroxyl groups excluding tert-OH is 1. The maximum Gasteiger partial charge on any atom is 0.310 e. The van der Waals surface area contributed by atoms with Crippen LogP contribution in [0.2, 0.25) is 0 Å². The van der Waals surface area contributed by atoms with Crippen molar-refractivity contribution in [1.29, 1.82) is 0 Å². The second kappa shape index (κ2) is 20.4. The predicted octanol–water partition coefficient (Wildman–Crippen LogP) is 9.66. The van der Waals surface area contributed by atoms with Gasteiger partial charge in [0.05, 0.1) is 5.92 Å². The second-order valence-electron chi connectivity index (χ2n) is 15.9. The summed E-state index contributed by atoms with van der Waals surface area (Å²) in [6, 6.07) is 25.9. The molecule has 300 valence electrons. The zero-order chi connectivity index (χ0) is 41.0. The van der Waals surface area contributed by atoms with Gasteiger partial charge >= 0.3 is 5.97 Å². The Hall–Kier alpha value is -5.05. The number of fused-ring (bicyclic) bond motifs is 2. The van der Waals surface area contributed by atoms with Gasteiger partial charge in [-0.15, -0.1) is 0 Å². The van der Waals surface area contributed by atoms with Crippen LogP contribution in [0.15, 0.2) is 97.1 Å². The molecule has 3 atom stereocenters. The zero-order valence-electron chi connectivity index (χ0n) is 33.5. The van der Waals surface area contributed by atoms with E-state index in [9.17, 15) is 23.2 Å². The molecular weight excluding hydrogens is 721 g/mol. The standard InChI is InChI=1S/C28H33FO3.C21H22FNO2/c1-5-23(30)14-8-20-10-15-24-21(18-20)11-17-25(24)26(27(31)32-28(2,3)4)16-9-19-6-12-22(29)13-7-19;22-18-6-1-15(2-7-18)11-12-23-21-10-5-17-13-16(4-9-20(17)21)3-8-19(25)14-24/h6-8,10,12-15,18,25-26H,5,9,11,16-17H2,1-4H3;1-4,6-9,13,21,23-24H,5,10-12,14H2/b14-8+;8-3+. The van der Waals surface area contributed by atoms with E-state index in [1.807, 2.05) is 58.0 Å². The third kappa shape index (κ3) is 13.0. The molecule has 3 unspecified atom stereocenters. The first-order valence-electron chi connectivity index (χ1n) is 20.0. The maximum absolute atomic E-state index is 13.3. The highest BCUT2D eigenvalue weighted by Crippen LogP contribution is 2.42. The average molecular weight is 776 g/mol. The summed E-state index contributed by atoms with van der Waals surface area (Å²) in [5.74, 6) is -0.983. The number of carbonyl (C=O) groups excluding carboxylic acids is 3. The highest BCUT2D eigenvalue weighted by Gasteiger charge is 2.36. The minimum atomic E-state index is -0.549. The highest BCUT2D eigenvalue weighted by molar-refractivity contribution is 5.94. The van der Waals surface area contributed by atoms with Gasteiger partial charge in [-0.1, -0.05) is 79.7 Å². The van der Waals surface area contributed by atoms with E-state index in [0.29, 0.717) is 25.3 Å². The second-order valence-corrected chi connectivity index (χ2v) is 15.9. The summed E-state index contributed by atoms with van der Waals surface area (Å²) in [6.07, 6.45) is 13.2. The van der Waals surface area contributed by atoms with Crippen LogP contribution in [0.3, 0.4) is 0 Å². The van der Waals surface area contributed by atoms with Crippen molar-refractivity contribution in [3.8, 4) is 0 Å². The molecule has 0 bridgehead atoms. The SMILES string of the molecule is CCC(=O)/C=C/c1ccc2c(c1)CCC2C(CCc1ccc(F)cc1)C(=O)OC(C)(C)C.O=C(/C=C/c1ccc2c(c1)CCC2NCCc1ccc(F)cc1)CO. The Morgan fingerprint density at radius 2 is 1.32 bits per heavy atom. The van der Waals surface area contributed by atoms with Crippen molar-refractivity contribution in [2.45, 2.75) is 96.6 Å². The van der Waals surface area contributed by atoms with Gasteiger partial charge in [-0.05, 0) is 159 Å². The summed E-state index contributed by atoms with van der Waals surface area (Å²) in [7, 11) is 0. The van der Waals surface area contributed by atoms with Crippen LogP contribution in [0.25, 0.3) is 12.2 Å². The van der Waals surface area contributed by atoms with Crippen molar-refractivity contribution in [1.82, 2.24) is 5.32 Å². The first-order valence-corrected chi connectivity index (χ1v) is 20.0. The molecule has 6 rings (SSSR count). The summed E-state index contributed by atoms with van der Waals surface area (Å²) < 4.78 is 32.0. The van der Waals surface area contributed by atoms with Crippen LogP contribution in [0.5, 0.6) is 0 Å². The van der Waals surface area contributed by atoms with Gasteiger partial charge in [0.15, 0.2) is 11.6 Å². The molecular formula is C49H55F2NO5. The summed E-state index contributed by atoms with van der Waals surface area (Å²) in [5.41, 5.74) is 8.62. The monoisotopic (exact) mass is 775 g/mol. The van der Waals surface area contributed by atoms with Gasteiger partial charge < -0.3 is 15.2 Å². The molecule has 4 aromatic rings. The molecule has 0 saturated carbocycles. The number of aryl methyl sites for hydroxylation is 3. The number of esters is 1. The Kier molecular flexibility index (Phi) is 15.4. The van der Waals surface area contributed by atoms with Crippen molar-refractivity contribution in [3.05, 3.63) is 153 Å². The van der Waals surface area contributed by atoms with Gasteiger partial charge in [0.2, 0.25) is 0 Å². The smallest absolute Gasteiger partial charge is 0.310 e. The van der Waals surface area contributed by atoms with E-state index in [1.54, 1.807) is 24.3 Å². The first-order chi connectivity index (χ1) is 27.3. The van der Waals surface area contributed by atoms with Gasteiger partial charge in [-0.25, -0.2) is 8.78 Å². The molecule has 4 aromatic carbocycles. The van der Waals surface area contributed by atoms with E-state index in [4.69, 9.17) is 9.84 Å². The molecule has 0 heterocycles. The van der Waals surface area contributed by atoms with Crippen LogP contribution < -0.4 is 5.32 Å². The molecule has 0 saturated heterocycles. The van der Waals surface area contributed by atoms with Crippen LogP contribution in [-0.2, 0) is 44.8 Å². The molecule has 2 aliphatic rings. The van der Waals surface area contributed by atoms with Gasteiger partial charge in [0, 0.05) is 12.5 Å². The molecule has 57 heavy (non-hydrogen) atoms. The molecule has 0 aromatic heterocycles. The molecule has 0 amide bonds. The molecule has 0 aliphatic heterocycles. The molecule has 8 heteroatoms. The number of benzene rings is 4. The first kappa shape index (κ1) is 43.1. The number of nitrogens with one attached hydrogen (secondary N) is 1. The lowest BCUT2D eigenvalue weighted by Gasteiger charge is -2.28. The largest absolute Gasteiger partial charge is 0.460 e. The summed E-state index contributed by atoms with van der Waals surface area (Å²) in [5, 5.41) is 12.3. The van der Waals surface area contributed by atoms with E-state index in [1.165, 1.54) is 52.6 Å². The fourth-order valence-electron chi connectivity index (χ4n) is 7.57. The molecule has 2 N–H and O–H groups in total. The topological polar surface area (TPSA) is 92.7 Å². The van der Waals surface area contributed by atoms with E-state index in [-0.39, 0.29) is 41.0 Å². The summed E-state index contributed by atoms with van der Waals surface area (Å²) in [6.45, 7) is 7.91. The van der Waals surface area contributed by atoms with E-state index in [2.05, 4.69) is 29.6 Å². The Labute approximate surface area is 336 Å². The number of aliphatic hydroxyl groups is 1. The number of carbonyl (C=O) groups is 3. The maximum atomic E-state index is 13.3. The average Bonchev–Trinajstić information content (AvgIpc) is 3.80. The number of ketones is 2. The molecule has 0 radical (unpaired) electrons. The lowest BCUT2D eigenvalue weighted by atomic mass is 9.83. The zero-order valence-corrected chi connectivity index (χ0v) is 33.5. The Balaban J connectivity index is 0.000000224. The minimum absolute atomic E-state index is 0.0931. The number of ether oxygens (including phenoxy) is 1. The van der Waals surface area contributed by atoms with Crippen LogP contribution >= 0.6 is 0 Å². The number of allylic oxidation sites excluding steroid dienone is 1. The van der Waals surface area contributed by atoms with E-state index >= 15 is 0 Å². The molecule has 0 spiro atoms.